The minimum Gasteiger partial charge on any atom is -0.465 e. The lowest BCUT2D eigenvalue weighted by Crippen LogP contribution is -2.23. The lowest BCUT2D eigenvalue weighted by Gasteiger charge is -2.10. The normalized spacial score (nSPS) is 10.7. The van der Waals surface area contributed by atoms with Gasteiger partial charge in [-0.15, -0.1) is 11.3 Å². The van der Waals surface area contributed by atoms with Crippen LogP contribution in [0.3, 0.4) is 0 Å². The van der Waals surface area contributed by atoms with E-state index in [-0.39, 0.29) is 24.4 Å². The second-order valence-corrected chi connectivity index (χ2v) is 6.60. The third kappa shape index (κ3) is 3.65. The summed E-state index contributed by atoms with van der Waals surface area (Å²) >= 11 is 1.40. The molecule has 8 heteroatoms. The number of thiophene rings is 1. The van der Waals surface area contributed by atoms with Gasteiger partial charge in [0.2, 0.25) is 5.91 Å². The molecule has 0 aliphatic carbocycles. The number of methoxy groups -OCH3 is 1. The zero-order valence-corrected chi connectivity index (χ0v) is 15.1. The number of nitrogens with one attached hydrogen (secondary N) is 1. The third-order valence-electron chi connectivity index (χ3n) is 3.96. The van der Waals surface area contributed by atoms with E-state index in [2.05, 4.69) is 15.0 Å². The van der Waals surface area contributed by atoms with Gasteiger partial charge < -0.3 is 10.1 Å². The second kappa shape index (κ2) is 7.49. The number of esters is 1. The average Bonchev–Trinajstić information content (AvgIpc) is 3.12. The Morgan fingerprint density at radius 3 is 2.88 bits per heavy atom. The molecule has 0 aliphatic rings. The first kappa shape index (κ1) is 17.8. The standard InChI is InChI=1S/C18H17N3O4S/c1-11-3-4-12(18(24)25-2)9-14(11)20-15(22)5-7-21-10-19-16-13(17(21)23)6-8-26-16/h3-4,6,8-10H,5,7H2,1-2H3,(H,20,22). The number of benzene rings is 1. The zero-order valence-electron chi connectivity index (χ0n) is 14.3. The van der Waals surface area contributed by atoms with Crippen LogP contribution in [0.25, 0.3) is 10.2 Å². The van der Waals surface area contributed by atoms with Gasteiger partial charge in [-0.05, 0) is 36.1 Å². The molecule has 0 saturated carbocycles. The topological polar surface area (TPSA) is 90.3 Å². The summed E-state index contributed by atoms with van der Waals surface area (Å²) in [7, 11) is 1.30. The molecule has 0 aliphatic heterocycles. The van der Waals surface area contributed by atoms with Crippen molar-refractivity contribution in [3.63, 3.8) is 0 Å². The fourth-order valence-electron chi connectivity index (χ4n) is 2.49. The number of carbonyl (C=O) groups excluding carboxylic acids is 2. The molecule has 26 heavy (non-hydrogen) atoms. The number of fused-ring (bicyclic) bond motifs is 1. The SMILES string of the molecule is COC(=O)c1ccc(C)c(NC(=O)CCn2cnc3sccc3c2=O)c1. The van der Waals surface area contributed by atoms with Crippen molar-refractivity contribution in [1.29, 1.82) is 0 Å². The molecule has 1 N–H and O–H groups in total. The summed E-state index contributed by atoms with van der Waals surface area (Å²) in [6, 6.07) is 6.68. The maximum atomic E-state index is 12.3. The summed E-state index contributed by atoms with van der Waals surface area (Å²) in [5.41, 5.74) is 1.56. The van der Waals surface area contributed by atoms with E-state index in [1.807, 2.05) is 12.3 Å². The number of hydrogen-bond acceptors (Lipinski definition) is 6. The van der Waals surface area contributed by atoms with Gasteiger partial charge in [0.25, 0.3) is 5.56 Å². The molecule has 2 heterocycles. The number of anilines is 1. The van der Waals surface area contributed by atoms with E-state index in [1.165, 1.54) is 29.3 Å². The van der Waals surface area contributed by atoms with Gasteiger partial charge in [-0.2, -0.15) is 0 Å². The Labute approximate surface area is 153 Å². The predicted octanol–water partition coefficient (Wildman–Crippen LogP) is 2.58. The molecule has 0 unspecified atom stereocenters. The maximum Gasteiger partial charge on any atom is 0.337 e. The molecule has 0 radical (unpaired) electrons. The highest BCUT2D eigenvalue weighted by Gasteiger charge is 2.11. The molecule has 0 spiro atoms. The van der Waals surface area contributed by atoms with Crippen molar-refractivity contribution in [2.24, 2.45) is 0 Å². The van der Waals surface area contributed by atoms with Gasteiger partial charge in [0, 0.05) is 18.7 Å². The summed E-state index contributed by atoms with van der Waals surface area (Å²) in [4.78, 5) is 41.1. The summed E-state index contributed by atoms with van der Waals surface area (Å²) in [5, 5.41) is 5.14. The van der Waals surface area contributed by atoms with Gasteiger partial charge in [-0.3, -0.25) is 14.2 Å². The molecule has 0 saturated heterocycles. The fraction of sp³-hybridized carbons (Fsp3) is 0.222. The molecule has 0 bridgehead atoms. The van der Waals surface area contributed by atoms with Crippen molar-refractivity contribution in [3.05, 3.63) is 57.5 Å². The van der Waals surface area contributed by atoms with Crippen molar-refractivity contribution in [1.82, 2.24) is 9.55 Å². The first-order valence-corrected chi connectivity index (χ1v) is 8.79. The van der Waals surface area contributed by atoms with Crippen molar-refractivity contribution in [2.45, 2.75) is 19.9 Å². The zero-order chi connectivity index (χ0) is 18.7. The molecule has 1 aromatic carbocycles. The molecule has 134 valence electrons. The quantitative estimate of drug-likeness (QED) is 0.696. The van der Waals surface area contributed by atoms with Crippen molar-refractivity contribution in [3.8, 4) is 0 Å². The smallest absolute Gasteiger partial charge is 0.337 e. The molecular weight excluding hydrogens is 354 g/mol. The Bertz CT molecular complexity index is 1040. The molecule has 0 atom stereocenters. The Balaban J connectivity index is 1.70. The van der Waals surface area contributed by atoms with Gasteiger partial charge in [-0.1, -0.05) is 6.07 Å². The summed E-state index contributed by atoms with van der Waals surface area (Å²) in [5.74, 6) is -0.727. The lowest BCUT2D eigenvalue weighted by atomic mass is 10.1. The van der Waals surface area contributed by atoms with Gasteiger partial charge in [0.1, 0.15) is 4.83 Å². The Hall–Kier alpha value is -3.00. The van der Waals surface area contributed by atoms with E-state index in [4.69, 9.17) is 0 Å². The van der Waals surface area contributed by atoms with E-state index in [1.54, 1.807) is 24.3 Å². The molecule has 1 amide bonds. The Kier molecular flexibility index (Phi) is 5.13. The minimum absolute atomic E-state index is 0.110. The van der Waals surface area contributed by atoms with Gasteiger partial charge >= 0.3 is 5.97 Å². The number of aryl methyl sites for hydroxylation is 2. The predicted molar refractivity (Wildman–Crippen MR) is 99.6 cm³/mol. The first-order valence-electron chi connectivity index (χ1n) is 7.91. The van der Waals surface area contributed by atoms with Crippen LogP contribution in [-0.2, 0) is 16.1 Å². The summed E-state index contributed by atoms with van der Waals surface area (Å²) < 4.78 is 6.11. The highest BCUT2D eigenvalue weighted by molar-refractivity contribution is 7.16. The van der Waals surface area contributed by atoms with Crippen LogP contribution in [0, 0.1) is 6.92 Å². The minimum atomic E-state index is -0.470. The molecule has 3 aromatic rings. The molecular formula is C18H17N3O4S. The number of nitrogens with zero attached hydrogens (tertiary/aromatic N) is 2. The van der Waals surface area contributed by atoms with E-state index < -0.39 is 5.97 Å². The number of amides is 1. The fourth-order valence-corrected chi connectivity index (χ4v) is 3.21. The highest BCUT2D eigenvalue weighted by Crippen LogP contribution is 2.18. The van der Waals surface area contributed by atoms with Crippen LogP contribution in [0.2, 0.25) is 0 Å². The maximum absolute atomic E-state index is 12.3. The second-order valence-electron chi connectivity index (χ2n) is 5.70. The van der Waals surface area contributed by atoms with Gasteiger partial charge in [0.05, 0.1) is 24.4 Å². The van der Waals surface area contributed by atoms with Crippen LogP contribution in [-0.4, -0.2) is 28.5 Å². The van der Waals surface area contributed by atoms with Crippen LogP contribution >= 0.6 is 11.3 Å². The number of hydrogen-bond donors (Lipinski definition) is 1. The van der Waals surface area contributed by atoms with Crippen molar-refractivity contribution < 1.29 is 14.3 Å². The highest BCUT2D eigenvalue weighted by atomic mass is 32.1. The van der Waals surface area contributed by atoms with Crippen molar-refractivity contribution in [2.75, 3.05) is 12.4 Å². The first-order chi connectivity index (χ1) is 12.5. The molecule has 3 rings (SSSR count). The van der Waals surface area contributed by atoms with Crippen LogP contribution < -0.4 is 10.9 Å². The van der Waals surface area contributed by atoms with Crippen molar-refractivity contribution >= 4 is 39.1 Å². The monoisotopic (exact) mass is 371 g/mol. The van der Waals surface area contributed by atoms with Gasteiger partial charge in [-0.25, -0.2) is 9.78 Å². The molecule has 7 nitrogen and oxygen atoms in total. The van der Waals surface area contributed by atoms with Crippen LogP contribution in [0.5, 0.6) is 0 Å². The summed E-state index contributed by atoms with van der Waals surface area (Å²) in [6.07, 6.45) is 1.57. The van der Waals surface area contributed by atoms with E-state index in [9.17, 15) is 14.4 Å². The van der Waals surface area contributed by atoms with E-state index in [0.29, 0.717) is 21.5 Å². The third-order valence-corrected chi connectivity index (χ3v) is 4.78. The Morgan fingerprint density at radius 2 is 2.12 bits per heavy atom. The lowest BCUT2D eigenvalue weighted by molar-refractivity contribution is -0.116. The molecule has 0 fully saturated rings. The van der Waals surface area contributed by atoms with E-state index in [0.717, 1.165) is 5.56 Å². The average molecular weight is 371 g/mol. The van der Waals surface area contributed by atoms with E-state index >= 15 is 0 Å². The van der Waals surface area contributed by atoms with Crippen LogP contribution in [0.4, 0.5) is 5.69 Å². The number of ether oxygens (including phenoxy) is 1. The van der Waals surface area contributed by atoms with Crippen LogP contribution in [0.1, 0.15) is 22.3 Å². The van der Waals surface area contributed by atoms with Crippen LogP contribution in [0.15, 0.2) is 40.8 Å². The largest absolute Gasteiger partial charge is 0.465 e. The Morgan fingerprint density at radius 1 is 1.31 bits per heavy atom. The number of aromatic nitrogens is 2. The summed E-state index contributed by atoms with van der Waals surface area (Å²) in [6.45, 7) is 2.05. The number of rotatable bonds is 5. The van der Waals surface area contributed by atoms with Gasteiger partial charge in [0.15, 0.2) is 0 Å². The number of carbonyl (C=O) groups is 2. The molecule has 2 aromatic heterocycles.